The highest BCUT2D eigenvalue weighted by Crippen LogP contribution is 2.21. The first-order valence-electron chi connectivity index (χ1n) is 11.5. The average molecular weight is 574 g/mol. The minimum atomic E-state index is -0.622. The van der Waals surface area contributed by atoms with Gasteiger partial charge in [0.1, 0.15) is 6.04 Å². The van der Waals surface area contributed by atoms with E-state index in [9.17, 15) is 9.59 Å². The molecule has 0 saturated carbocycles. The Morgan fingerprint density at radius 1 is 0.943 bits per heavy atom. The minimum absolute atomic E-state index is 0.0254. The van der Waals surface area contributed by atoms with Gasteiger partial charge in [-0.05, 0) is 54.8 Å². The number of rotatable bonds is 11. The van der Waals surface area contributed by atoms with Crippen LogP contribution in [0, 0.1) is 0 Å². The van der Waals surface area contributed by atoms with E-state index in [4.69, 9.17) is 11.6 Å². The lowest BCUT2D eigenvalue weighted by Crippen LogP contribution is -2.52. The van der Waals surface area contributed by atoms with E-state index < -0.39 is 6.04 Å². The number of hydrogen-bond acceptors (Lipinski definition) is 3. The Labute approximate surface area is 225 Å². The van der Waals surface area contributed by atoms with Crippen LogP contribution in [0.4, 0.5) is 0 Å². The lowest BCUT2D eigenvalue weighted by atomic mass is 10.0. The Hall–Kier alpha value is -2.28. The summed E-state index contributed by atoms with van der Waals surface area (Å²) in [4.78, 5) is 28.7. The van der Waals surface area contributed by atoms with Gasteiger partial charge in [0.05, 0.1) is 5.75 Å². The van der Waals surface area contributed by atoms with Crippen molar-refractivity contribution in [3.63, 3.8) is 0 Å². The Kier molecular flexibility index (Phi) is 10.7. The summed E-state index contributed by atoms with van der Waals surface area (Å²) in [5.41, 5.74) is 3.04. The van der Waals surface area contributed by atoms with Gasteiger partial charge in [-0.1, -0.05) is 82.1 Å². The highest BCUT2D eigenvalue weighted by Gasteiger charge is 2.30. The first kappa shape index (κ1) is 27.3. The van der Waals surface area contributed by atoms with Gasteiger partial charge in [-0.2, -0.15) is 0 Å². The number of hydrogen-bond donors (Lipinski definition) is 1. The summed E-state index contributed by atoms with van der Waals surface area (Å²) < 4.78 is 0.967. The van der Waals surface area contributed by atoms with Gasteiger partial charge in [0.15, 0.2) is 0 Å². The Morgan fingerprint density at radius 3 is 2.29 bits per heavy atom. The van der Waals surface area contributed by atoms with Crippen LogP contribution >= 0.6 is 39.3 Å². The number of carbonyl (C=O) groups is 2. The summed E-state index contributed by atoms with van der Waals surface area (Å²) in [7, 11) is 0. The van der Waals surface area contributed by atoms with Gasteiger partial charge in [-0.25, -0.2) is 0 Å². The molecule has 3 aromatic carbocycles. The van der Waals surface area contributed by atoms with E-state index in [2.05, 4.69) is 21.2 Å². The van der Waals surface area contributed by atoms with E-state index in [-0.39, 0.29) is 23.6 Å². The van der Waals surface area contributed by atoms with Crippen molar-refractivity contribution < 1.29 is 9.59 Å². The van der Waals surface area contributed by atoms with Crippen LogP contribution in [0.3, 0.4) is 0 Å². The number of nitrogens with one attached hydrogen (secondary N) is 1. The van der Waals surface area contributed by atoms with Gasteiger partial charge in [-0.3, -0.25) is 9.59 Å². The molecule has 0 fully saturated rings. The molecule has 0 saturated heterocycles. The SMILES string of the molecule is CC(C)NC(=O)C(Cc1ccccc1)N(Cc1ccc(Br)cc1)C(=O)CSCc1cccc(Cl)c1. The summed E-state index contributed by atoms with van der Waals surface area (Å²) in [5.74, 6) is 0.720. The van der Waals surface area contributed by atoms with Crippen LogP contribution in [0.1, 0.15) is 30.5 Å². The second-order valence-electron chi connectivity index (χ2n) is 8.64. The third kappa shape index (κ3) is 9.02. The van der Waals surface area contributed by atoms with E-state index in [0.29, 0.717) is 23.7 Å². The molecule has 0 aliphatic heterocycles. The highest BCUT2D eigenvalue weighted by atomic mass is 79.9. The summed E-state index contributed by atoms with van der Waals surface area (Å²) in [6.45, 7) is 4.21. The van der Waals surface area contributed by atoms with Crippen LogP contribution in [0.15, 0.2) is 83.3 Å². The highest BCUT2D eigenvalue weighted by molar-refractivity contribution is 9.10. The van der Waals surface area contributed by atoms with Crippen molar-refractivity contribution >= 4 is 51.1 Å². The lowest BCUT2D eigenvalue weighted by molar-refractivity contribution is -0.139. The van der Waals surface area contributed by atoms with Crippen molar-refractivity contribution in [2.45, 2.75) is 44.6 Å². The molecule has 0 heterocycles. The van der Waals surface area contributed by atoms with Crippen LogP contribution in [-0.2, 0) is 28.3 Å². The van der Waals surface area contributed by atoms with E-state index in [1.807, 2.05) is 92.7 Å². The predicted octanol–water partition coefficient (Wildman–Crippen LogP) is 6.50. The monoisotopic (exact) mass is 572 g/mol. The van der Waals surface area contributed by atoms with E-state index >= 15 is 0 Å². The van der Waals surface area contributed by atoms with Crippen LogP contribution in [0.2, 0.25) is 5.02 Å². The maximum Gasteiger partial charge on any atom is 0.243 e. The maximum absolute atomic E-state index is 13.6. The fourth-order valence-corrected chi connectivity index (χ4v) is 5.02. The number of carbonyl (C=O) groups excluding carboxylic acids is 2. The molecule has 4 nitrogen and oxygen atoms in total. The van der Waals surface area contributed by atoms with Crippen LogP contribution in [0.5, 0.6) is 0 Å². The third-order valence-corrected chi connectivity index (χ3v) is 7.10. The lowest BCUT2D eigenvalue weighted by Gasteiger charge is -2.32. The molecular formula is C28H30BrClN2O2S. The Balaban J connectivity index is 1.84. The third-order valence-electron chi connectivity index (χ3n) is 5.35. The van der Waals surface area contributed by atoms with Crippen LogP contribution < -0.4 is 5.32 Å². The number of halogens is 2. The second kappa shape index (κ2) is 13.7. The van der Waals surface area contributed by atoms with Crippen molar-refractivity contribution in [3.05, 3.63) is 105 Å². The molecule has 3 rings (SSSR count). The van der Waals surface area contributed by atoms with Crippen LogP contribution in [-0.4, -0.2) is 34.6 Å². The van der Waals surface area contributed by atoms with Gasteiger partial charge in [0.25, 0.3) is 0 Å². The molecular weight excluding hydrogens is 544 g/mol. The molecule has 1 atom stereocenters. The molecule has 0 aromatic heterocycles. The normalized spacial score (nSPS) is 11.8. The van der Waals surface area contributed by atoms with E-state index in [1.54, 1.807) is 4.90 Å². The van der Waals surface area contributed by atoms with Crippen molar-refractivity contribution in [2.24, 2.45) is 0 Å². The molecule has 0 radical (unpaired) electrons. The standard InChI is InChI=1S/C28H30BrClN2O2S/c1-20(2)31-28(34)26(16-21-7-4-3-5-8-21)32(17-22-11-13-24(29)14-12-22)27(33)19-35-18-23-9-6-10-25(30)15-23/h3-15,20,26H,16-19H2,1-2H3,(H,31,34). The van der Waals surface area contributed by atoms with Gasteiger partial charge >= 0.3 is 0 Å². The predicted molar refractivity (Wildman–Crippen MR) is 150 cm³/mol. The topological polar surface area (TPSA) is 49.4 Å². The van der Waals surface area contributed by atoms with Gasteiger partial charge in [0, 0.05) is 34.3 Å². The largest absolute Gasteiger partial charge is 0.352 e. The molecule has 0 bridgehead atoms. The van der Waals surface area contributed by atoms with Crippen molar-refractivity contribution in [1.82, 2.24) is 10.2 Å². The average Bonchev–Trinajstić information content (AvgIpc) is 2.82. The number of benzene rings is 3. The molecule has 1 unspecified atom stereocenters. The minimum Gasteiger partial charge on any atom is -0.352 e. The zero-order valence-electron chi connectivity index (χ0n) is 19.9. The van der Waals surface area contributed by atoms with E-state index in [0.717, 1.165) is 21.2 Å². The zero-order chi connectivity index (χ0) is 25.2. The molecule has 0 aliphatic carbocycles. The van der Waals surface area contributed by atoms with Crippen molar-refractivity contribution in [2.75, 3.05) is 5.75 Å². The van der Waals surface area contributed by atoms with Crippen molar-refractivity contribution in [3.8, 4) is 0 Å². The van der Waals surface area contributed by atoms with Crippen LogP contribution in [0.25, 0.3) is 0 Å². The fraction of sp³-hybridized carbons (Fsp3) is 0.286. The van der Waals surface area contributed by atoms with Gasteiger partial charge < -0.3 is 10.2 Å². The molecule has 7 heteroatoms. The maximum atomic E-state index is 13.6. The zero-order valence-corrected chi connectivity index (χ0v) is 23.1. The fourth-order valence-electron chi connectivity index (χ4n) is 3.69. The summed E-state index contributed by atoms with van der Waals surface area (Å²) in [6.07, 6.45) is 0.445. The molecule has 3 aromatic rings. The molecule has 0 aliphatic rings. The van der Waals surface area contributed by atoms with Gasteiger partial charge in [-0.15, -0.1) is 11.8 Å². The second-order valence-corrected chi connectivity index (χ2v) is 11.0. The van der Waals surface area contributed by atoms with Crippen molar-refractivity contribution in [1.29, 1.82) is 0 Å². The number of amides is 2. The summed E-state index contributed by atoms with van der Waals surface area (Å²) >= 11 is 11.1. The summed E-state index contributed by atoms with van der Waals surface area (Å²) in [5, 5.41) is 3.70. The Bertz CT molecular complexity index is 1110. The molecule has 0 spiro atoms. The molecule has 35 heavy (non-hydrogen) atoms. The molecule has 184 valence electrons. The first-order chi connectivity index (χ1) is 16.8. The quantitative estimate of drug-likeness (QED) is 0.285. The molecule has 2 amide bonds. The molecule has 1 N–H and O–H groups in total. The van der Waals surface area contributed by atoms with Gasteiger partial charge in [0.2, 0.25) is 11.8 Å². The van der Waals surface area contributed by atoms with E-state index in [1.165, 1.54) is 11.8 Å². The first-order valence-corrected chi connectivity index (χ1v) is 13.8. The smallest absolute Gasteiger partial charge is 0.243 e. The summed E-state index contributed by atoms with van der Waals surface area (Å²) in [6, 6.07) is 24.7. The number of thioether (sulfide) groups is 1. The number of nitrogens with zero attached hydrogens (tertiary/aromatic N) is 1. The Morgan fingerprint density at radius 2 is 1.63 bits per heavy atom.